The smallest absolute Gasteiger partial charge is 0.226 e. The maximum Gasteiger partial charge on any atom is 0.226 e. The Hall–Kier alpha value is -2.82. The lowest BCUT2D eigenvalue weighted by Gasteiger charge is -2.25. The van der Waals surface area contributed by atoms with Crippen LogP contribution in [0, 0.1) is 6.92 Å². The highest BCUT2D eigenvalue weighted by molar-refractivity contribution is 5.96. The van der Waals surface area contributed by atoms with E-state index in [0.29, 0.717) is 24.6 Å². The van der Waals surface area contributed by atoms with Crippen molar-refractivity contribution < 1.29 is 14.3 Å². The molecule has 2 aromatic carbocycles. The van der Waals surface area contributed by atoms with Gasteiger partial charge in [0.05, 0.1) is 12.3 Å². The summed E-state index contributed by atoms with van der Waals surface area (Å²) in [6.07, 6.45) is 1.03. The second-order valence-corrected chi connectivity index (χ2v) is 6.33. The first-order valence-electron chi connectivity index (χ1n) is 9.36. The molecule has 5 heteroatoms. The molecule has 0 bridgehead atoms. The number of rotatable bonds is 8. The first kappa shape index (κ1) is 20.5. The third kappa shape index (κ3) is 5.33. The average molecular weight is 368 g/mol. The van der Waals surface area contributed by atoms with E-state index < -0.39 is 0 Å². The zero-order chi connectivity index (χ0) is 19.8. The summed E-state index contributed by atoms with van der Waals surface area (Å²) in [6.45, 7) is 8.34. The molecule has 2 aromatic rings. The van der Waals surface area contributed by atoms with Crippen molar-refractivity contribution in [1.82, 2.24) is 0 Å². The van der Waals surface area contributed by atoms with Gasteiger partial charge in [0.1, 0.15) is 5.75 Å². The average Bonchev–Trinajstić information content (AvgIpc) is 2.64. The number of benzene rings is 2. The number of para-hydroxylation sites is 3. The normalized spacial score (nSPS) is 10.4. The molecule has 0 heterocycles. The summed E-state index contributed by atoms with van der Waals surface area (Å²) in [6, 6.07) is 13.3. The molecule has 2 rings (SSSR count). The summed E-state index contributed by atoms with van der Waals surface area (Å²) < 4.78 is 5.54. The minimum Gasteiger partial charge on any atom is -0.492 e. The number of nitrogens with zero attached hydrogens (tertiary/aromatic N) is 1. The molecular weight excluding hydrogens is 340 g/mol. The van der Waals surface area contributed by atoms with Crippen LogP contribution < -0.4 is 15.0 Å². The van der Waals surface area contributed by atoms with Crippen LogP contribution in [0.3, 0.4) is 0 Å². The highest BCUT2D eigenvalue weighted by Crippen LogP contribution is 2.27. The van der Waals surface area contributed by atoms with Gasteiger partial charge in [-0.1, -0.05) is 37.3 Å². The lowest BCUT2D eigenvalue weighted by molar-refractivity contribution is -0.117. The predicted molar refractivity (Wildman–Crippen MR) is 109 cm³/mol. The lowest BCUT2D eigenvalue weighted by atomic mass is 10.0. The fourth-order valence-electron chi connectivity index (χ4n) is 3.10. The molecule has 0 aliphatic rings. The van der Waals surface area contributed by atoms with Gasteiger partial charge in [-0.15, -0.1) is 0 Å². The molecule has 0 aliphatic heterocycles. The van der Waals surface area contributed by atoms with Crippen molar-refractivity contribution in [2.24, 2.45) is 0 Å². The second kappa shape index (κ2) is 9.76. The van der Waals surface area contributed by atoms with Crippen LogP contribution >= 0.6 is 0 Å². The maximum atomic E-state index is 12.5. The Labute approximate surface area is 161 Å². The number of hydrogen-bond acceptors (Lipinski definition) is 3. The first-order chi connectivity index (χ1) is 13.0. The number of carbonyl (C=O) groups is 2. The van der Waals surface area contributed by atoms with E-state index in [4.69, 9.17) is 4.74 Å². The number of nitrogens with one attached hydrogen (secondary N) is 1. The fourth-order valence-corrected chi connectivity index (χ4v) is 3.10. The largest absolute Gasteiger partial charge is 0.492 e. The van der Waals surface area contributed by atoms with Crippen LogP contribution in [0.2, 0.25) is 0 Å². The molecule has 0 saturated heterocycles. The molecule has 0 spiro atoms. The monoisotopic (exact) mass is 368 g/mol. The van der Waals surface area contributed by atoms with Crippen molar-refractivity contribution >= 4 is 23.2 Å². The van der Waals surface area contributed by atoms with Crippen molar-refractivity contribution in [3.05, 3.63) is 53.6 Å². The van der Waals surface area contributed by atoms with Gasteiger partial charge < -0.3 is 15.0 Å². The maximum absolute atomic E-state index is 12.5. The molecule has 27 heavy (non-hydrogen) atoms. The van der Waals surface area contributed by atoms with Gasteiger partial charge >= 0.3 is 0 Å². The van der Waals surface area contributed by atoms with E-state index in [2.05, 4.69) is 12.2 Å². The number of hydrogen-bond donors (Lipinski definition) is 1. The molecule has 2 amide bonds. The Morgan fingerprint density at radius 1 is 1.07 bits per heavy atom. The molecule has 0 atom stereocenters. The molecule has 0 fully saturated rings. The van der Waals surface area contributed by atoms with Crippen molar-refractivity contribution in [3.8, 4) is 5.75 Å². The fraction of sp³-hybridized carbons (Fsp3) is 0.364. The summed E-state index contributed by atoms with van der Waals surface area (Å²) in [4.78, 5) is 26.4. The summed E-state index contributed by atoms with van der Waals surface area (Å²) in [7, 11) is 0. The third-order valence-corrected chi connectivity index (χ3v) is 4.38. The highest BCUT2D eigenvalue weighted by Gasteiger charge is 2.18. The number of ether oxygens (including phenoxy) is 1. The number of anilines is 2. The number of amides is 2. The van der Waals surface area contributed by atoms with E-state index in [9.17, 15) is 9.59 Å². The third-order valence-electron chi connectivity index (χ3n) is 4.38. The van der Waals surface area contributed by atoms with Crippen LogP contribution in [0.25, 0.3) is 0 Å². The summed E-state index contributed by atoms with van der Waals surface area (Å²) in [5.41, 5.74) is 3.69. The molecule has 144 valence electrons. The molecule has 1 N–H and O–H groups in total. The van der Waals surface area contributed by atoms with Gasteiger partial charge in [-0.2, -0.15) is 0 Å². The zero-order valence-electron chi connectivity index (χ0n) is 16.5. The Bertz CT molecular complexity index is 802. The van der Waals surface area contributed by atoms with Gasteiger partial charge in [-0.3, -0.25) is 9.59 Å². The zero-order valence-corrected chi connectivity index (χ0v) is 16.5. The topological polar surface area (TPSA) is 58.6 Å². The van der Waals surface area contributed by atoms with E-state index >= 15 is 0 Å². The van der Waals surface area contributed by atoms with Crippen LogP contribution in [-0.2, 0) is 16.0 Å². The van der Waals surface area contributed by atoms with Crippen LogP contribution in [0.4, 0.5) is 11.4 Å². The van der Waals surface area contributed by atoms with Crippen LogP contribution in [0.1, 0.15) is 38.3 Å². The van der Waals surface area contributed by atoms with E-state index in [0.717, 1.165) is 23.2 Å². The summed E-state index contributed by atoms with van der Waals surface area (Å²) in [5, 5.41) is 2.88. The van der Waals surface area contributed by atoms with Gasteiger partial charge in [-0.25, -0.2) is 0 Å². The molecule has 5 nitrogen and oxygen atoms in total. The molecule has 0 aromatic heterocycles. The van der Waals surface area contributed by atoms with Crippen molar-refractivity contribution in [2.45, 2.75) is 40.5 Å². The molecular formula is C22H28N2O3. The van der Waals surface area contributed by atoms with Crippen molar-refractivity contribution in [1.29, 1.82) is 0 Å². The Balaban J connectivity index is 2.11. The predicted octanol–water partition coefficient (Wildman–Crippen LogP) is 4.34. The Kier molecular flexibility index (Phi) is 7.41. The van der Waals surface area contributed by atoms with Crippen LogP contribution in [0.15, 0.2) is 42.5 Å². The van der Waals surface area contributed by atoms with Gasteiger partial charge in [0.15, 0.2) is 0 Å². The van der Waals surface area contributed by atoms with Gasteiger partial charge in [0.25, 0.3) is 0 Å². The lowest BCUT2D eigenvalue weighted by Crippen LogP contribution is -2.33. The second-order valence-electron chi connectivity index (χ2n) is 6.33. The molecule has 0 saturated carbocycles. The van der Waals surface area contributed by atoms with Gasteiger partial charge in [0, 0.05) is 25.6 Å². The SMILES string of the molecule is CCOc1ccccc1NC(=O)CCN(C(C)=O)c1c(C)cccc1CC. The van der Waals surface area contributed by atoms with E-state index in [-0.39, 0.29) is 18.2 Å². The van der Waals surface area contributed by atoms with Crippen LogP contribution in [-0.4, -0.2) is 25.0 Å². The van der Waals surface area contributed by atoms with Gasteiger partial charge in [-0.05, 0) is 43.5 Å². The van der Waals surface area contributed by atoms with E-state index in [1.54, 1.807) is 4.90 Å². The minimum atomic E-state index is -0.153. The summed E-state index contributed by atoms with van der Waals surface area (Å²) in [5.74, 6) is 0.422. The van der Waals surface area contributed by atoms with Gasteiger partial charge in [0.2, 0.25) is 11.8 Å². The quantitative estimate of drug-likeness (QED) is 0.754. The molecule has 0 unspecified atom stereocenters. The Morgan fingerprint density at radius 2 is 1.81 bits per heavy atom. The van der Waals surface area contributed by atoms with E-state index in [1.807, 2.05) is 56.3 Å². The minimum absolute atomic E-state index is 0.0680. The first-order valence-corrected chi connectivity index (χ1v) is 9.36. The standard InChI is InChI=1S/C22H28N2O3/c1-5-18-11-9-10-16(3)22(18)24(17(4)25)15-14-21(26)23-19-12-7-8-13-20(19)27-6-2/h7-13H,5-6,14-15H2,1-4H3,(H,23,26). The van der Waals surface area contributed by atoms with Crippen molar-refractivity contribution in [2.75, 3.05) is 23.4 Å². The van der Waals surface area contributed by atoms with E-state index in [1.165, 1.54) is 6.92 Å². The summed E-state index contributed by atoms with van der Waals surface area (Å²) >= 11 is 0. The molecule has 0 aliphatic carbocycles. The Morgan fingerprint density at radius 3 is 2.48 bits per heavy atom. The number of aryl methyl sites for hydroxylation is 2. The highest BCUT2D eigenvalue weighted by atomic mass is 16.5. The molecule has 0 radical (unpaired) electrons. The number of carbonyl (C=O) groups excluding carboxylic acids is 2. The van der Waals surface area contributed by atoms with Crippen molar-refractivity contribution in [3.63, 3.8) is 0 Å². The van der Waals surface area contributed by atoms with Crippen LogP contribution in [0.5, 0.6) is 5.75 Å².